The summed E-state index contributed by atoms with van der Waals surface area (Å²) in [5, 5.41) is 30.8. The number of halogens is 1. The maximum absolute atomic E-state index is 11.5. The van der Waals surface area contributed by atoms with Crippen LogP contribution in [-0.4, -0.2) is 33.5 Å². The molecule has 0 amide bonds. The van der Waals surface area contributed by atoms with E-state index < -0.39 is 5.97 Å². The van der Waals surface area contributed by atoms with Crippen molar-refractivity contribution in [2.24, 2.45) is 46.3 Å². The minimum absolute atomic E-state index is 0. The Hall–Kier alpha value is 1.32. The predicted molar refractivity (Wildman–Crippen MR) is 109 cm³/mol. The van der Waals surface area contributed by atoms with E-state index in [0.29, 0.717) is 35.5 Å². The van der Waals surface area contributed by atoms with Gasteiger partial charge in [-0.2, -0.15) is 0 Å². The molecule has 0 aliphatic heterocycles. The molecular formula is C24H40ClKO4. The van der Waals surface area contributed by atoms with Gasteiger partial charge in [-0.1, -0.05) is 20.8 Å². The number of rotatable bonds is 4. The molecule has 4 aliphatic carbocycles. The van der Waals surface area contributed by atoms with Crippen LogP contribution in [0, 0.1) is 46.3 Å². The van der Waals surface area contributed by atoms with E-state index >= 15 is 0 Å². The molecule has 0 spiro atoms. The molecule has 168 valence electrons. The van der Waals surface area contributed by atoms with Crippen LogP contribution in [0.1, 0.15) is 85.0 Å². The van der Waals surface area contributed by atoms with Gasteiger partial charge in [0.15, 0.2) is 0 Å². The minimum Gasteiger partial charge on any atom is -1.00 e. The summed E-state index contributed by atoms with van der Waals surface area (Å²) >= 11 is 0. The number of aliphatic hydroxyl groups excluding tert-OH is 2. The molecule has 0 aromatic rings. The quantitative estimate of drug-likeness (QED) is 0.440. The van der Waals surface area contributed by atoms with Gasteiger partial charge in [0.2, 0.25) is 0 Å². The van der Waals surface area contributed by atoms with Crippen LogP contribution in [0.2, 0.25) is 0 Å². The van der Waals surface area contributed by atoms with Gasteiger partial charge in [0.1, 0.15) is 0 Å². The summed E-state index contributed by atoms with van der Waals surface area (Å²) < 4.78 is 0. The van der Waals surface area contributed by atoms with Gasteiger partial charge in [0.05, 0.1) is 12.2 Å². The van der Waals surface area contributed by atoms with Crippen molar-refractivity contribution in [1.82, 2.24) is 0 Å². The number of carboxylic acid groups (broad SMARTS) is 1. The Morgan fingerprint density at radius 3 is 2.40 bits per heavy atom. The summed E-state index contributed by atoms with van der Waals surface area (Å²) in [6.07, 6.45) is 9.26. The van der Waals surface area contributed by atoms with Gasteiger partial charge in [0.25, 0.3) is 0 Å². The summed E-state index contributed by atoms with van der Waals surface area (Å²) in [5.74, 6) is 2.55. The molecule has 0 radical (unpaired) electrons. The fourth-order valence-electron chi connectivity index (χ4n) is 8.71. The van der Waals surface area contributed by atoms with E-state index in [1.54, 1.807) is 0 Å². The average molecular weight is 467 g/mol. The minimum atomic E-state index is -0.707. The van der Waals surface area contributed by atoms with E-state index in [9.17, 15) is 15.0 Å². The zero-order valence-corrected chi connectivity index (χ0v) is 23.2. The first-order chi connectivity index (χ1) is 13.2. The van der Waals surface area contributed by atoms with Crippen molar-refractivity contribution in [3.05, 3.63) is 0 Å². The third-order valence-electron chi connectivity index (χ3n) is 10.3. The van der Waals surface area contributed by atoms with Crippen molar-refractivity contribution >= 4 is 5.97 Å². The molecule has 4 nitrogen and oxygen atoms in total. The van der Waals surface area contributed by atoms with Crippen LogP contribution in [0.15, 0.2) is 0 Å². The van der Waals surface area contributed by atoms with Crippen molar-refractivity contribution in [3.63, 3.8) is 0 Å². The van der Waals surface area contributed by atoms with Gasteiger partial charge in [-0.25, -0.2) is 0 Å². The molecule has 10 atom stereocenters. The van der Waals surface area contributed by atoms with Gasteiger partial charge < -0.3 is 27.7 Å². The van der Waals surface area contributed by atoms with Crippen molar-refractivity contribution in [1.29, 1.82) is 0 Å². The zero-order chi connectivity index (χ0) is 20.3. The molecule has 30 heavy (non-hydrogen) atoms. The summed E-state index contributed by atoms with van der Waals surface area (Å²) in [7, 11) is 0. The summed E-state index contributed by atoms with van der Waals surface area (Å²) in [4.78, 5) is 11.1. The molecular weight excluding hydrogens is 427 g/mol. The second-order valence-electron chi connectivity index (χ2n) is 11.3. The average Bonchev–Trinajstić information content (AvgIpc) is 3.00. The second kappa shape index (κ2) is 10.3. The van der Waals surface area contributed by atoms with Gasteiger partial charge in [-0.3, -0.25) is 4.79 Å². The summed E-state index contributed by atoms with van der Waals surface area (Å²) in [6.45, 7) is 6.99. The third kappa shape index (κ3) is 4.49. The molecule has 0 saturated heterocycles. The van der Waals surface area contributed by atoms with Crippen molar-refractivity contribution < 1.29 is 83.9 Å². The van der Waals surface area contributed by atoms with E-state index in [4.69, 9.17) is 5.11 Å². The first kappa shape index (κ1) is 27.6. The summed E-state index contributed by atoms with van der Waals surface area (Å²) in [5.41, 5.74) is 0.216. The van der Waals surface area contributed by atoms with E-state index in [0.717, 1.165) is 38.5 Å². The Bertz CT molecular complexity index is 618. The molecule has 6 heteroatoms. The molecule has 4 aliphatic rings. The number of aliphatic hydroxyl groups is 2. The van der Waals surface area contributed by atoms with Gasteiger partial charge in [0, 0.05) is 6.42 Å². The molecule has 0 aromatic heterocycles. The standard InChI is InChI=1S/C24H40O4.ClH.K/c1-14(4-9-22(27)28)18-7-8-19-17-6-5-15-12-16(25)10-11-23(15,2)20(17)13-21(26)24(18,19)3;;/h14-21,25-26H,4-13H2,1-3H3,(H,27,28);1H;/q;;+1/p-1/t14-,15-,16-,17+,18-,19+,20+,21+,23+,24-;;/m1../s1. The third-order valence-corrected chi connectivity index (χ3v) is 10.3. The normalized spacial score (nSPS) is 48.2. The number of carboxylic acids is 1. The van der Waals surface area contributed by atoms with E-state index in [2.05, 4.69) is 20.8 Å². The zero-order valence-electron chi connectivity index (χ0n) is 19.3. The Morgan fingerprint density at radius 1 is 1.03 bits per heavy atom. The van der Waals surface area contributed by atoms with Gasteiger partial charge in [-0.05, 0) is 104 Å². The monoisotopic (exact) mass is 466 g/mol. The van der Waals surface area contributed by atoms with Crippen molar-refractivity contribution in [2.75, 3.05) is 0 Å². The first-order valence-electron chi connectivity index (χ1n) is 11.8. The molecule has 0 heterocycles. The van der Waals surface area contributed by atoms with Gasteiger partial charge >= 0.3 is 57.4 Å². The fourth-order valence-corrected chi connectivity index (χ4v) is 8.71. The topological polar surface area (TPSA) is 77.8 Å². The largest absolute Gasteiger partial charge is 1.00 e. The molecule has 4 rings (SSSR count). The Labute approximate surface area is 231 Å². The molecule has 0 aromatic carbocycles. The SMILES string of the molecule is C[C@H](CCC(=O)O)[C@H]1CC[C@H]2[C@@H]3CC[C@@H]4C[C@H](O)CC[C@]4(C)[C@H]3C[C@H](O)[C@]12C.[Cl-].[K+]. The van der Waals surface area contributed by atoms with E-state index in [1.807, 2.05) is 0 Å². The first-order valence-corrected chi connectivity index (χ1v) is 11.8. The molecule has 0 unspecified atom stereocenters. The Balaban J connectivity index is 0.00000160. The second-order valence-corrected chi connectivity index (χ2v) is 11.3. The van der Waals surface area contributed by atoms with E-state index in [1.165, 1.54) is 19.3 Å². The van der Waals surface area contributed by atoms with Crippen molar-refractivity contribution in [2.45, 2.75) is 97.2 Å². The van der Waals surface area contributed by atoms with Crippen LogP contribution < -0.4 is 63.8 Å². The van der Waals surface area contributed by atoms with Crippen LogP contribution in [-0.2, 0) is 4.79 Å². The Morgan fingerprint density at radius 2 is 1.73 bits per heavy atom. The number of hydrogen-bond donors (Lipinski definition) is 3. The predicted octanol–water partition coefficient (Wildman–Crippen LogP) is -1.51. The van der Waals surface area contributed by atoms with Crippen LogP contribution in [0.25, 0.3) is 0 Å². The number of aliphatic carboxylic acids is 1. The fraction of sp³-hybridized carbons (Fsp3) is 0.958. The van der Waals surface area contributed by atoms with Crippen LogP contribution in [0.3, 0.4) is 0 Å². The molecule has 4 fully saturated rings. The maximum atomic E-state index is 11.5. The van der Waals surface area contributed by atoms with Gasteiger partial charge in [-0.15, -0.1) is 0 Å². The molecule has 0 bridgehead atoms. The smallest absolute Gasteiger partial charge is 1.00 e. The number of hydrogen-bond acceptors (Lipinski definition) is 3. The molecule has 4 saturated carbocycles. The summed E-state index contributed by atoms with van der Waals surface area (Å²) in [6, 6.07) is 0. The van der Waals surface area contributed by atoms with Crippen LogP contribution in [0.5, 0.6) is 0 Å². The van der Waals surface area contributed by atoms with Crippen LogP contribution in [0.4, 0.5) is 0 Å². The van der Waals surface area contributed by atoms with E-state index in [-0.39, 0.29) is 93.3 Å². The Kier molecular flexibility index (Phi) is 9.45. The molecule has 3 N–H and O–H groups in total. The number of carbonyl (C=O) groups is 1. The maximum Gasteiger partial charge on any atom is 1.00 e. The van der Waals surface area contributed by atoms with Crippen molar-refractivity contribution in [3.8, 4) is 0 Å². The van der Waals surface area contributed by atoms with Crippen LogP contribution >= 0.6 is 0 Å². The number of fused-ring (bicyclic) bond motifs is 5.